The van der Waals surface area contributed by atoms with Gasteiger partial charge in [0.2, 0.25) is 5.91 Å². The molecule has 0 radical (unpaired) electrons. The second-order valence-corrected chi connectivity index (χ2v) is 7.21. The Morgan fingerprint density at radius 2 is 1.83 bits per heavy atom. The molecule has 1 N–H and O–H groups in total. The third kappa shape index (κ3) is 3.71. The van der Waals surface area contributed by atoms with Crippen LogP contribution in [0.25, 0.3) is 0 Å². The van der Waals surface area contributed by atoms with Gasteiger partial charge in [0.1, 0.15) is 0 Å². The molecule has 2 aliphatic heterocycles. The minimum atomic E-state index is 0.114. The van der Waals surface area contributed by atoms with Crippen molar-refractivity contribution in [3.8, 4) is 0 Å². The highest BCUT2D eigenvalue weighted by Crippen LogP contribution is 2.30. The highest BCUT2D eigenvalue weighted by Gasteiger charge is 2.30. The maximum absolute atomic E-state index is 12.2. The van der Waals surface area contributed by atoms with Gasteiger partial charge >= 0.3 is 0 Å². The van der Waals surface area contributed by atoms with E-state index in [1.165, 1.54) is 32.4 Å². The molecule has 1 amide bonds. The first-order valence-electron chi connectivity index (χ1n) is 7.44. The number of likely N-dealkylation sites (tertiary alicyclic amines) is 1. The third-order valence-corrected chi connectivity index (χ3v) is 4.34. The SMILES string of the molecule is CC(C)(C)CC(=O)N1CCC(C2CCNC2)CC1. The van der Waals surface area contributed by atoms with E-state index < -0.39 is 0 Å². The van der Waals surface area contributed by atoms with Crippen molar-refractivity contribution in [1.29, 1.82) is 0 Å². The van der Waals surface area contributed by atoms with Crippen molar-refractivity contribution in [2.45, 2.75) is 46.5 Å². The molecule has 0 aromatic carbocycles. The number of nitrogens with one attached hydrogen (secondary N) is 1. The summed E-state index contributed by atoms with van der Waals surface area (Å²) in [6.07, 6.45) is 4.44. The van der Waals surface area contributed by atoms with Crippen LogP contribution in [0.2, 0.25) is 0 Å². The lowest BCUT2D eigenvalue weighted by Crippen LogP contribution is -2.41. The zero-order valence-electron chi connectivity index (χ0n) is 12.2. The Labute approximate surface area is 111 Å². The summed E-state index contributed by atoms with van der Waals surface area (Å²) in [4.78, 5) is 14.2. The number of rotatable bonds is 2. The van der Waals surface area contributed by atoms with Crippen LogP contribution in [-0.4, -0.2) is 37.0 Å². The van der Waals surface area contributed by atoms with Crippen molar-refractivity contribution in [3.63, 3.8) is 0 Å². The van der Waals surface area contributed by atoms with Gasteiger partial charge in [-0.3, -0.25) is 4.79 Å². The molecule has 1 unspecified atom stereocenters. The average Bonchev–Trinajstić information content (AvgIpc) is 2.80. The van der Waals surface area contributed by atoms with Crippen LogP contribution in [0.4, 0.5) is 0 Å². The molecule has 0 bridgehead atoms. The molecule has 3 nitrogen and oxygen atoms in total. The number of carbonyl (C=O) groups excluding carboxylic acids is 1. The van der Waals surface area contributed by atoms with Crippen molar-refractivity contribution in [3.05, 3.63) is 0 Å². The molecule has 0 saturated carbocycles. The van der Waals surface area contributed by atoms with Crippen LogP contribution in [0.1, 0.15) is 46.5 Å². The van der Waals surface area contributed by atoms with Gasteiger partial charge in [0.15, 0.2) is 0 Å². The molecule has 18 heavy (non-hydrogen) atoms. The quantitative estimate of drug-likeness (QED) is 0.817. The first-order chi connectivity index (χ1) is 8.46. The maximum Gasteiger partial charge on any atom is 0.223 e. The minimum absolute atomic E-state index is 0.114. The Morgan fingerprint density at radius 1 is 1.17 bits per heavy atom. The Kier molecular flexibility index (Phi) is 4.31. The highest BCUT2D eigenvalue weighted by molar-refractivity contribution is 5.76. The molecule has 3 heteroatoms. The van der Waals surface area contributed by atoms with Gasteiger partial charge in [-0.2, -0.15) is 0 Å². The summed E-state index contributed by atoms with van der Waals surface area (Å²) in [6.45, 7) is 10.8. The van der Waals surface area contributed by atoms with Crippen LogP contribution in [0.3, 0.4) is 0 Å². The molecule has 2 rings (SSSR count). The minimum Gasteiger partial charge on any atom is -0.343 e. The fourth-order valence-corrected chi connectivity index (χ4v) is 3.27. The predicted octanol–water partition coefficient (Wildman–Crippen LogP) is 2.27. The summed E-state index contributed by atoms with van der Waals surface area (Å²) in [5, 5.41) is 3.45. The summed E-state index contributed by atoms with van der Waals surface area (Å²) in [7, 11) is 0. The van der Waals surface area contributed by atoms with Crippen molar-refractivity contribution in [2.75, 3.05) is 26.2 Å². The zero-order chi connectivity index (χ0) is 13.2. The van der Waals surface area contributed by atoms with Gasteiger partial charge in [0.25, 0.3) is 0 Å². The molecule has 0 spiro atoms. The van der Waals surface area contributed by atoms with Gasteiger partial charge in [-0.25, -0.2) is 0 Å². The van der Waals surface area contributed by atoms with E-state index in [-0.39, 0.29) is 5.41 Å². The lowest BCUT2D eigenvalue weighted by atomic mass is 9.83. The van der Waals surface area contributed by atoms with E-state index in [1.54, 1.807) is 0 Å². The molecule has 2 saturated heterocycles. The largest absolute Gasteiger partial charge is 0.343 e. The van der Waals surface area contributed by atoms with Gasteiger partial charge in [-0.1, -0.05) is 20.8 Å². The molecule has 2 heterocycles. The van der Waals surface area contributed by atoms with Gasteiger partial charge in [-0.15, -0.1) is 0 Å². The fourth-order valence-electron chi connectivity index (χ4n) is 3.27. The average molecular weight is 252 g/mol. The first kappa shape index (κ1) is 13.9. The highest BCUT2D eigenvalue weighted by atomic mass is 16.2. The van der Waals surface area contributed by atoms with E-state index in [1.807, 2.05) is 0 Å². The molecule has 1 atom stereocenters. The molecule has 2 fully saturated rings. The summed E-state index contributed by atoms with van der Waals surface area (Å²) < 4.78 is 0. The van der Waals surface area contributed by atoms with Crippen LogP contribution >= 0.6 is 0 Å². The number of amides is 1. The molecular weight excluding hydrogens is 224 g/mol. The Balaban J connectivity index is 1.77. The topological polar surface area (TPSA) is 32.3 Å². The lowest BCUT2D eigenvalue weighted by Gasteiger charge is -2.35. The van der Waals surface area contributed by atoms with E-state index in [0.29, 0.717) is 12.3 Å². The normalized spacial score (nSPS) is 26.6. The molecule has 2 aliphatic rings. The van der Waals surface area contributed by atoms with E-state index in [0.717, 1.165) is 24.9 Å². The van der Waals surface area contributed by atoms with Crippen molar-refractivity contribution in [2.24, 2.45) is 17.3 Å². The molecule has 0 aromatic heterocycles. The number of hydrogen-bond donors (Lipinski definition) is 1. The monoisotopic (exact) mass is 252 g/mol. The second-order valence-electron chi connectivity index (χ2n) is 7.21. The van der Waals surface area contributed by atoms with Crippen molar-refractivity contribution >= 4 is 5.91 Å². The Hall–Kier alpha value is -0.570. The van der Waals surface area contributed by atoms with Crippen molar-refractivity contribution in [1.82, 2.24) is 10.2 Å². The van der Waals surface area contributed by atoms with E-state index >= 15 is 0 Å². The van der Waals surface area contributed by atoms with Gasteiger partial charge in [0.05, 0.1) is 0 Å². The van der Waals surface area contributed by atoms with E-state index in [2.05, 4.69) is 31.0 Å². The summed E-state index contributed by atoms with van der Waals surface area (Å²) in [5.74, 6) is 2.06. The Morgan fingerprint density at radius 3 is 2.33 bits per heavy atom. The summed E-state index contributed by atoms with van der Waals surface area (Å²) in [6, 6.07) is 0. The molecule has 0 aliphatic carbocycles. The summed E-state index contributed by atoms with van der Waals surface area (Å²) >= 11 is 0. The fraction of sp³-hybridized carbons (Fsp3) is 0.933. The van der Waals surface area contributed by atoms with Gasteiger partial charge < -0.3 is 10.2 Å². The smallest absolute Gasteiger partial charge is 0.223 e. The number of carbonyl (C=O) groups is 1. The third-order valence-electron chi connectivity index (χ3n) is 4.34. The zero-order valence-corrected chi connectivity index (χ0v) is 12.2. The predicted molar refractivity (Wildman–Crippen MR) is 74.4 cm³/mol. The second kappa shape index (κ2) is 5.60. The lowest BCUT2D eigenvalue weighted by molar-refractivity contribution is -0.134. The molecule has 104 valence electrons. The standard InChI is InChI=1S/C15H28N2O/c1-15(2,3)10-14(18)17-8-5-12(6-9-17)13-4-7-16-11-13/h12-13,16H,4-11H2,1-3H3. The summed E-state index contributed by atoms with van der Waals surface area (Å²) in [5.41, 5.74) is 0.114. The van der Waals surface area contributed by atoms with Gasteiger partial charge in [-0.05, 0) is 49.6 Å². The van der Waals surface area contributed by atoms with E-state index in [9.17, 15) is 4.79 Å². The van der Waals surface area contributed by atoms with E-state index in [4.69, 9.17) is 0 Å². The number of piperidine rings is 1. The number of hydrogen-bond acceptors (Lipinski definition) is 2. The van der Waals surface area contributed by atoms with Crippen LogP contribution in [0.15, 0.2) is 0 Å². The van der Waals surface area contributed by atoms with Crippen LogP contribution in [0, 0.1) is 17.3 Å². The molecular formula is C15H28N2O. The molecule has 0 aromatic rings. The Bertz CT molecular complexity index is 281. The van der Waals surface area contributed by atoms with Crippen LogP contribution in [0.5, 0.6) is 0 Å². The number of nitrogens with zero attached hydrogens (tertiary/aromatic N) is 1. The maximum atomic E-state index is 12.2. The van der Waals surface area contributed by atoms with Crippen LogP contribution < -0.4 is 5.32 Å². The van der Waals surface area contributed by atoms with Gasteiger partial charge in [0, 0.05) is 19.5 Å². The van der Waals surface area contributed by atoms with Crippen molar-refractivity contribution < 1.29 is 4.79 Å². The first-order valence-corrected chi connectivity index (χ1v) is 7.44. The van der Waals surface area contributed by atoms with Crippen LogP contribution in [-0.2, 0) is 4.79 Å².